The molecule has 2 aromatic rings. The fraction of sp³-hybridized carbons (Fsp3) is 0.263. The summed E-state index contributed by atoms with van der Waals surface area (Å²) in [6.45, 7) is 2.07. The van der Waals surface area contributed by atoms with Gasteiger partial charge in [-0.1, -0.05) is 19.1 Å². The van der Waals surface area contributed by atoms with Crippen molar-refractivity contribution >= 4 is 23.2 Å². The highest BCUT2D eigenvalue weighted by molar-refractivity contribution is 6.23. The summed E-state index contributed by atoms with van der Waals surface area (Å²) < 4.78 is 5.11. The Kier molecular flexibility index (Phi) is 4.51. The first-order valence-electron chi connectivity index (χ1n) is 7.98. The maximum absolute atomic E-state index is 12.6. The van der Waals surface area contributed by atoms with E-state index in [0.29, 0.717) is 5.69 Å². The van der Waals surface area contributed by atoms with Crippen LogP contribution in [0.25, 0.3) is 0 Å². The SMILES string of the molecule is CCc1ccc(N2C(=O)C[C@H](Nc3ccc(OC)cc3)C2=O)cc1. The summed E-state index contributed by atoms with van der Waals surface area (Å²) in [7, 11) is 1.60. The molecular formula is C19H20N2O3. The van der Waals surface area contributed by atoms with Crippen LogP contribution in [0, 0.1) is 0 Å². The molecule has 0 radical (unpaired) electrons. The molecule has 2 aromatic carbocycles. The van der Waals surface area contributed by atoms with Crippen LogP contribution >= 0.6 is 0 Å². The van der Waals surface area contributed by atoms with E-state index in [2.05, 4.69) is 12.2 Å². The molecule has 1 fully saturated rings. The number of benzene rings is 2. The Morgan fingerprint density at radius 3 is 2.33 bits per heavy atom. The maximum atomic E-state index is 12.6. The highest BCUT2D eigenvalue weighted by atomic mass is 16.5. The molecule has 0 unspecified atom stereocenters. The van der Waals surface area contributed by atoms with Crippen molar-refractivity contribution in [3.8, 4) is 5.75 Å². The van der Waals surface area contributed by atoms with Gasteiger partial charge in [0.2, 0.25) is 5.91 Å². The lowest BCUT2D eigenvalue weighted by atomic mass is 10.1. The molecule has 1 N–H and O–H groups in total. The van der Waals surface area contributed by atoms with E-state index in [1.54, 1.807) is 7.11 Å². The number of anilines is 2. The zero-order valence-corrected chi connectivity index (χ0v) is 13.8. The molecule has 0 saturated carbocycles. The number of nitrogens with one attached hydrogen (secondary N) is 1. The number of rotatable bonds is 5. The van der Waals surface area contributed by atoms with Crippen LogP contribution in [-0.2, 0) is 16.0 Å². The number of imide groups is 1. The van der Waals surface area contributed by atoms with Gasteiger partial charge in [-0.3, -0.25) is 9.59 Å². The quantitative estimate of drug-likeness (QED) is 0.859. The van der Waals surface area contributed by atoms with Crippen LogP contribution < -0.4 is 15.0 Å². The molecule has 3 rings (SSSR count). The lowest BCUT2D eigenvalue weighted by molar-refractivity contribution is -0.121. The van der Waals surface area contributed by atoms with Gasteiger partial charge in [-0.25, -0.2) is 4.90 Å². The van der Waals surface area contributed by atoms with Gasteiger partial charge >= 0.3 is 0 Å². The van der Waals surface area contributed by atoms with Crippen molar-refractivity contribution in [3.05, 3.63) is 54.1 Å². The molecule has 124 valence electrons. The summed E-state index contributed by atoms with van der Waals surface area (Å²) in [5.41, 5.74) is 2.58. The summed E-state index contributed by atoms with van der Waals surface area (Å²) in [6.07, 6.45) is 1.07. The summed E-state index contributed by atoms with van der Waals surface area (Å²) in [5.74, 6) is 0.336. The number of carbonyl (C=O) groups excluding carboxylic acids is 2. The van der Waals surface area contributed by atoms with Gasteiger partial charge in [-0.2, -0.15) is 0 Å². The predicted molar refractivity (Wildman–Crippen MR) is 93.3 cm³/mol. The Morgan fingerprint density at radius 1 is 1.08 bits per heavy atom. The van der Waals surface area contributed by atoms with Crippen molar-refractivity contribution in [3.63, 3.8) is 0 Å². The summed E-state index contributed by atoms with van der Waals surface area (Å²) in [4.78, 5) is 26.2. The van der Waals surface area contributed by atoms with Crippen LogP contribution in [0.3, 0.4) is 0 Å². The standard InChI is InChI=1S/C19H20N2O3/c1-3-13-4-8-15(9-5-13)21-18(22)12-17(19(21)23)20-14-6-10-16(24-2)11-7-14/h4-11,17,20H,3,12H2,1-2H3/t17-/m0/s1. The van der Waals surface area contributed by atoms with Crippen LogP contribution in [0.5, 0.6) is 5.75 Å². The Morgan fingerprint density at radius 2 is 1.75 bits per heavy atom. The number of methoxy groups -OCH3 is 1. The average Bonchev–Trinajstić information content (AvgIpc) is 2.89. The van der Waals surface area contributed by atoms with Gasteiger partial charge in [-0.15, -0.1) is 0 Å². The lowest BCUT2D eigenvalue weighted by Crippen LogP contribution is -2.34. The van der Waals surface area contributed by atoms with E-state index >= 15 is 0 Å². The number of nitrogens with zero attached hydrogens (tertiary/aromatic N) is 1. The van der Waals surface area contributed by atoms with Crippen molar-refractivity contribution in [2.45, 2.75) is 25.8 Å². The third-order valence-corrected chi connectivity index (χ3v) is 4.18. The second-order valence-electron chi connectivity index (χ2n) is 5.72. The van der Waals surface area contributed by atoms with Gasteiger partial charge in [0.1, 0.15) is 11.8 Å². The molecule has 1 atom stereocenters. The van der Waals surface area contributed by atoms with Gasteiger partial charge in [0.25, 0.3) is 5.91 Å². The van der Waals surface area contributed by atoms with Crippen LogP contribution in [0.1, 0.15) is 18.9 Å². The van der Waals surface area contributed by atoms with Crippen molar-refractivity contribution in [2.75, 3.05) is 17.3 Å². The second kappa shape index (κ2) is 6.74. The number of aryl methyl sites for hydroxylation is 1. The first-order valence-corrected chi connectivity index (χ1v) is 7.98. The van der Waals surface area contributed by atoms with Gasteiger partial charge in [-0.05, 0) is 48.4 Å². The summed E-state index contributed by atoms with van der Waals surface area (Å²) in [6, 6.07) is 14.3. The van der Waals surface area contributed by atoms with Crippen LogP contribution in [0.2, 0.25) is 0 Å². The van der Waals surface area contributed by atoms with Crippen molar-refractivity contribution in [1.82, 2.24) is 0 Å². The first kappa shape index (κ1) is 16.1. The Hall–Kier alpha value is -2.82. The molecule has 0 aliphatic carbocycles. The first-order chi connectivity index (χ1) is 11.6. The van der Waals surface area contributed by atoms with E-state index in [1.807, 2.05) is 48.5 Å². The molecule has 5 nitrogen and oxygen atoms in total. The fourth-order valence-corrected chi connectivity index (χ4v) is 2.79. The number of amides is 2. The smallest absolute Gasteiger partial charge is 0.256 e. The lowest BCUT2D eigenvalue weighted by Gasteiger charge is -2.16. The molecule has 0 bridgehead atoms. The zero-order valence-electron chi connectivity index (χ0n) is 13.8. The van der Waals surface area contributed by atoms with Gasteiger partial charge in [0.15, 0.2) is 0 Å². The van der Waals surface area contributed by atoms with Crippen LogP contribution in [0.15, 0.2) is 48.5 Å². The highest BCUT2D eigenvalue weighted by Gasteiger charge is 2.39. The average molecular weight is 324 g/mol. The van der Waals surface area contributed by atoms with Gasteiger partial charge < -0.3 is 10.1 Å². The van der Waals surface area contributed by atoms with Crippen LogP contribution in [-0.4, -0.2) is 25.0 Å². The predicted octanol–water partition coefficient (Wildman–Crippen LogP) is 3.00. The fourth-order valence-electron chi connectivity index (χ4n) is 2.79. The molecule has 1 aliphatic heterocycles. The highest BCUT2D eigenvalue weighted by Crippen LogP contribution is 2.26. The maximum Gasteiger partial charge on any atom is 0.256 e. The van der Waals surface area contributed by atoms with Crippen LogP contribution in [0.4, 0.5) is 11.4 Å². The molecule has 2 amide bonds. The van der Waals surface area contributed by atoms with Gasteiger partial charge in [0, 0.05) is 5.69 Å². The molecule has 0 spiro atoms. The topological polar surface area (TPSA) is 58.6 Å². The number of hydrogen-bond donors (Lipinski definition) is 1. The van der Waals surface area contributed by atoms with Crippen molar-refractivity contribution in [2.24, 2.45) is 0 Å². The number of carbonyl (C=O) groups is 2. The zero-order chi connectivity index (χ0) is 17.1. The largest absolute Gasteiger partial charge is 0.497 e. The van der Waals surface area contributed by atoms with E-state index in [0.717, 1.165) is 17.9 Å². The van der Waals surface area contributed by atoms with Gasteiger partial charge in [0.05, 0.1) is 19.2 Å². The van der Waals surface area contributed by atoms with Crippen molar-refractivity contribution in [1.29, 1.82) is 0 Å². The molecule has 1 aliphatic rings. The Labute approximate surface area is 141 Å². The minimum absolute atomic E-state index is 0.153. The van der Waals surface area contributed by atoms with E-state index in [9.17, 15) is 9.59 Å². The monoisotopic (exact) mass is 324 g/mol. The van der Waals surface area contributed by atoms with E-state index < -0.39 is 6.04 Å². The molecule has 0 aromatic heterocycles. The summed E-state index contributed by atoms with van der Waals surface area (Å²) in [5, 5.41) is 3.13. The molecule has 24 heavy (non-hydrogen) atoms. The Bertz CT molecular complexity index is 738. The minimum Gasteiger partial charge on any atom is -0.497 e. The number of ether oxygens (including phenoxy) is 1. The van der Waals surface area contributed by atoms with Crippen molar-refractivity contribution < 1.29 is 14.3 Å². The third kappa shape index (κ3) is 3.11. The minimum atomic E-state index is -0.545. The molecule has 1 heterocycles. The third-order valence-electron chi connectivity index (χ3n) is 4.18. The van der Waals surface area contributed by atoms with E-state index in [4.69, 9.17) is 4.74 Å². The number of hydrogen-bond acceptors (Lipinski definition) is 4. The normalized spacial score (nSPS) is 17.2. The molecular weight excluding hydrogens is 304 g/mol. The van der Waals surface area contributed by atoms with E-state index in [-0.39, 0.29) is 18.2 Å². The summed E-state index contributed by atoms with van der Waals surface area (Å²) >= 11 is 0. The molecule has 5 heteroatoms. The molecule has 1 saturated heterocycles. The Balaban J connectivity index is 1.75. The van der Waals surface area contributed by atoms with E-state index in [1.165, 1.54) is 10.5 Å². The second-order valence-corrected chi connectivity index (χ2v) is 5.72.